The maximum Gasteiger partial charge on any atom is 0.228 e. The Morgan fingerprint density at radius 3 is 2.69 bits per heavy atom. The minimum Gasteiger partial charge on any atom is -0.326 e. The van der Waals surface area contributed by atoms with E-state index in [2.05, 4.69) is 15.4 Å². The third-order valence-corrected chi connectivity index (χ3v) is 4.04. The number of carbonyl (C=O) groups is 1. The van der Waals surface area contributed by atoms with E-state index >= 15 is 0 Å². The lowest BCUT2D eigenvalue weighted by atomic mass is 10.0. The molecule has 0 aliphatic carbocycles. The summed E-state index contributed by atoms with van der Waals surface area (Å²) in [6.07, 6.45) is 3.59. The van der Waals surface area contributed by atoms with Crippen molar-refractivity contribution in [3.63, 3.8) is 0 Å². The van der Waals surface area contributed by atoms with Gasteiger partial charge in [-0.05, 0) is 47.0 Å². The van der Waals surface area contributed by atoms with E-state index < -0.39 is 0 Å². The van der Waals surface area contributed by atoms with Gasteiger partial charge in [0, 0.05) is 11.9 Å². The van der Waals surface area contributed by atoms with E-state index in [-0.39, 0.29) is 18.1 Å². The average Bonchev–Trinajstić information content (AvgIpc) is 3.10. The van der Waals surface area contributed by atoms with Gasteiger partial charge < -0.3 is 5.32 Å². The maximum absolute atomic E-state index is 13.2. The third-order valence-electron chi connectivity index (χ3n) is 4.04. The van der Waals surface area contributed by atoms with Gasteiger partial charge in [0.1, 0.15) is 12.1 Å². The highest BCUT2D eigenvalue weighted by molar-refractivity contribution is 5.92. The Morgan fingerprint density at radius 1 is 1.04 bits per heavy atom. The highest BCUT2D eigenvalue weighted by Crippen LogP contribution is 2.21. The third kappa shape index (κ3) is 3.44. The topological polar surface area (TPSA) is 59.3 Å². The monoisotopic (exact) mass is 346 g/mol. The first-order valence-corrected chi connectivity index (χ1v) is 8.11. The zero-order chi connectivity index (χ0) is 17.9. The van der Waals surface area contributed by atoms with Gasteiger partial charge in [0.25, 0.3) is 0 Å². The van der Waals surface area contributed by atoms with E-state index in [1.807, 2.05) is 42.6 Å². The number of amides is 1. The Bertz CT molecular complexity index is 1070. The molecular formula is C20H15FN4O. The fourth-order valence-corrected chi connectivity index (χ4v) is 2.77. The Kier molecular flexibility index (Phi) is 4.15. The van der Waals surface area contributed by atoms with Crippen molar-refractivity contribution in [1.29, 1.82) is 0 Å². The second kappa shape index (κ2) is 6.76. The van der Waals surface area contributed by atoms with Gasteiger partial charge in [-0.2, -0.15) is 5.10 Å². The van der Waals surface area contributed by atoms with E-state index in [1.165, 1.54) is 18.5 Å². The number of nitrogens with one attached hydrogen (secondary N) is 1. The van der Waals surface area contributed by atoms with Gasteiger partial charge in [0.05, 0.1) is 6.42 Å². The van der Waals surface area contributed by atoms with Crippen molar-refractivity contribution in [2.24, 2.45) is 0 Å². The summed E-state index contributed by atoms with van der Waals surface area (Å²) >= 11 is 0. The summed E-state index contributed by atoms with van der Waals surface area (Å²) in [6.45, 7) is 0. The van der Waals surface area contributed by atoms with Gasteiger partial charge in [-0.25, -0.2) is 13.9 Å². The summed E-state index contributed by atoms with van der Waals surface area (Å²) in [5, 5.41) is 6.78. The first kappa shape index (κ1) is 16.0. The molecule has 0 saturated heterocycles. The summed E-state index contributed by atoms with van der Waals surface area (Å²) < 4.78 is 14.9. The number of rotatable bonds is 4. The summed E-state index contributed by atoms with van der Waals surface area (Å²) in [6, 6.07) is 17.5. The molecular weight excluding hydrogens is 331 g/mol. The number of benzene rings is 2. The molecule has 0 radical (unpaired) electrons. The lowest BCUT2D eigenvalue weighted by Crippen LogP contribution is -2.14. The summed E-state index contributed by atoms with van der Waals surface area (Å²) in [5.74, 6) is -0.565. The van der Waals surface area contributed by atoms with Crippen LogP contribution in [0.1, 0.15) is 5.56 Å². The molecule has 0 fully saturated rings. The molecule has 0 spiro atoms. The van der Waals surface area contributed by atoms with Crippen molar-refractivity contribution in [2.45, 2.75) is 6.42 Å². The van der Waals surface area contributed by atoms with Gasteiger partial charge in [0.2, 0.25) is 5.91 Å². The van der Waals surface area contributed by atoms with Gasteiger partial charge in [-0.1, -0.05) is 30.3 Å². The Balaban J connectivity index is 1.46. The number of carbonyl (C=O) groups excluding carboxylic acids is 1. The minimum absolute atomic E-state index is 0.187. The van der Waals surface area contributed by atoms with Crippen molar-refractivity contribution in [2.75, 3.05) is 5.32 Å². The van der Waals surface area contributed by atoms with E-state index in [4.69, 9.17) is 0 Å². The number of nitrogens with zero attached hydrogens (tertiary/aromatic N) is 3. The smallest absolute Gasteiger partial charge is 0.228 e. The normalized spacial score (nSPS) is 10.8. The standard InChI is InChI=1S/C20H15FN4O/c21-17-2-1-3-18(12-17)24-20(26)10-14-4-6-15(7-5-14)16-8-9-25-19(11-16)22-13-23-25/h1-9,11-13H,10H2,(H,24,26). The van der Waals surface area contributed by atoms with Crippen molar-refractivity contribution < 1.29 is 9.18 Å². The first-order chi connectivity index (χ1) is 12.7. The molecule has 2 heterocycles. The van der Waals surface area contributed by atoms with E-state index in [0.29, 0.717) is 5.69 Å². The lowest BCUT2D eigenvalue weighted by Gasteiger charge is -2.07. The molecule has 0 aliphatic heterocycles. The van der Waals surface area contributed by atoms with Crippen LogP contribution >= 0.6 is 0 Å². The Hall–Kier alpha value is -3.54. The summed E-state index contributed by atoms with van der Waals surface area (Å²) in [5.41, 5.74) is 4.17. The number of pyridine rings is 1. The second-order valence-electron chi connectivity index (χ2n) is 5.91. The van der Waals surface area contributed by atoms with Crippen molar-refractivity contribution in [1.82, 2.24) is 14.6 Å². The molecule has 26 heavy (non-hydrogen) atoms. The van der Waals surface area contributed by atoms with Crippen LogP contribution in [-0.4, -0.2) is 20.5 Å². The molecule has 4 aromatic rings. The van der Waals surface area contributed by atoms with Crippen LogP contribution in [0.4, 0.5) is 10.1 Å². The molecule has 128 valence electrons. The second-order valence-corrected chi connectivity index (χ2v) is 5.91. The summed E-state index contributed by atoms with van der Waals surface area (Å²) in [7, 11) is 0. The minimum atomic E-state index is -0.378. The molecule has 4 rings (SSSR count). The van der Waals surface area contributed by atoms with Crippen LogP contribution in [0.25, 0.3) is 16.8 Å². The van der Waals surface area contributed by atoms with Crippen LogP contribution in [-0.2, 0) is 11.2 Å². The van der Waals surface area contributed by atoms with Gasteiger partial charge in [-0.15, -0.1) is 0 Å². The molecule has 2 aromatic heterocycles. The molecule has 0 unspecified atom stereocenters. The van der Waals surface area contributed by atoms with Gasteiger partial charge in [-0.3, -0.25) is 4.79 Å². The van der Waals surface area contributed by atoms with Crippen LogP contribution < -0.4 is 5.32 Å². The quantitative estimate of drug-likeness (QED) is 0.613. The van der Waals surface area contributed by atoms with E-state index in [9.17, 15) is 9.18 Å². The van der Waals surface area contributed by atoms with E-state index in [0.717, 1.165) is 22.3 Å². The number of hydrogen-bond donors (Lipinski definition) is 1. The lowest BCUT2D eigenvalue weighted by molar-refractivity contribution is -0.115. The van der Waals surface area contributed by atoms with Crippen molar-refractivity contribution >= 4 is 17.2 Å². The van der Waals surface area contributed by atoms with Crippen molar-refractivity contribution in [3.8, 4) is 11.1 Å². The molecule has 0 atom stereocenters. The molecule has 1 N–H and O–H groups in total. The average molecular weight is 346 g/mol. The molecule has 1 amide bonds. The predicted octanol–water partition coefficient (Wildman–Crippen LogP) is 3.72. The van der Waals surface area contributed by atoms with Gasteiger partial charge >= 0.3 is 0 Å². The number of halogens is 1. The maximum atomic E-state index is 13.2. The van der Waals surface area contributed by atoms with Gasteiger partial charge in [0.15, 0.2) is 5.65 Å². The van der Waals surface area contributed by atoms with E-state index in [1.54, 1.807) is 16.6 Å². The number of fused-ring (bicyclic) bond motifs is 1. The highest BCUT2D eigenvalue weighted by atomic mass is 19.1. The van der Waals surface area contributed by atoms with Crippen LogP contribution in [0, 0.1) is 5.82 Å². The largest absolute Gasteiger partial charge is 0.326 e. The summed E-state index contributed by atoms with van der Waals surface area (Å²) in [4.78, 5) is 16.3. The zero-order valence-corrected chi connectivity index (χ0v) is 13.8. The fourth-order valence-electron chi connectivity index (χ4n) is 2.77. The zero-order valence-electron chi connectivity index (χ0n) is 13.8. The molecule has 0 bridgehead atoms. The number of hydrogen-bond acceptors (Lipinski definition) is 3. The molecule has 0 aliphatic rings. The SMILES string of the molecule is O=C(Cc1ccc(-c2ccn3ncnc3c2)cc1)Nc1cccc(F)c1. The van der Waals surface area contributed by atoms with Crippen LogP contribution in [0.5, 0.6) is 0 Å². The molecule has 6 heteroatoms. The van der Waals surface area contributed by atoms with Crippen LogP contribution in [0.2, 0.25) is 0 Å². The Morgan fingerprint density at radius 2 is 1.88 bits per heavy atom. The molecule has 5 nitrogen and oxygen atoms in total. The molecule has 2 aromatic carbocycles. The predicted molar refractivity (Wildman–Crippen MR) is 97.2 cm³/mol. The number of aromatic nitrogens is 3. The molecule has 0 saturated carbocycles. The number of anilines is 1. The highest BCUT2D eigenvalue weighted by Gasteiger charge is 2.06. The fraction of sp³-hybridized carbons (Fsp3) is 0.0500. The Labute approximate surface area is 149 Å². The van der Waals surface area contributed by atoms with Crippen LogP contribution in [0.3, 0.4) is 0 Å². The first-order valence-electron chi connectivity index (χ1n) is 8.11. The van der Waals surface area contributed by atoms with Crippen molar-refractivity contribution in [3.05, 3.63) is 84.6 Å². The van der Waals surface area contributed by atoms with Crippen LogP contribution in [0.15, 0.2) is 73.2 Å².